The van der Waals surface area contributed by atoms with Gasteiger partial charge in [0, 0.05) is 30.8 Å². The van der Waals surface area contributed by atoms with Gasteiger partial charge in [-0.25, -0.2) is 4.98 Å². The van der Waals surface area contributed by atoms with Gasteiger partial charge in [-0.3, -0.25) is 4.79 Å². The van der Waals surface area contributed by atoms with E-state index in [1.165, 1.54) is 5.56 Å². The van der Waals surface area contributed by atoms with Gasteiger partial charge in [-0.2, -0.15) is 0 Å². The van der Waals surface area contributed by atoms with Crippen molar-refractivity contribution < 1.29 is 9.53 Å². The lowest BCUT2D eigenvalue weighted by molar-refractivity contribution is -0.0209. The summed E-state index contributed by atoms with van der Waals surface area (Å²) in [6, 6.07) is 10.3. The monoisotopic (exact) mass is 330 g/mol. The van der Waals surface area contributed by atoms with Crippen LogP contribution in [-0.4, -0.2) is 41.6 Å². The molecule has 122 valence electrons. The topological polar surface area (TPSA) is 42.4 Å². The molecular formula is C18H22N2O2S. The zero-order valence-corrected chi connectivity index (χ0v) is 14.4. The van der Waals surface area contributed by atoms with Gasteiger partial charge in [0.15, 0.2) is 0 Å². The number of nitrogens with zero attached hydrogens (tertiary/aromatic N) is 2. The van der Waals surface area contributed by atoms with Crippen molar-refractivity contribution in [2.75, 3.05) is 19.7 Å². The largest absolute Gasteiger partial charge is 0.374 e. The Morgan fingerprint density at radius 3 is 2.87 bits per heavy atom. The second-order valence-electron chi connectivity index (χ2n) is 6.16. The number of rotatable bonds is 4. The van der Waals surface area contributed by atoms with E-state index >= 15 is 0 Å². The molecule has 0 radical (unpaired) electrons. The highest BCUT2D eigenvalue weighted by Crippen LogP contribution is 2.21. The molecule has 0 spiro atoms. The third-order valence-electron chi connectivity index (χ3n) is 3.97. The lowest BCUT2D eigenvalue weighted by Crippen LogP contribution is -2.46. The minimum atomic E-state index is 0.0227. The van der Waals surface area contributed by atoms with Crippen molar-refractivity contribution in [1.29, 1.82) is 0 Å². The molecule has 3 rings (SSSR count). The number of ether oxygens (including phenoxy) is 1. The van der Waals surface area contributed by atoms with Gasteiger partial charge in [0.2, 0.25) is 0 Å². The van der Waals surface area contributed by atoms with Crippen LogP contribution in [-0.2, 0) is 11.2 Å². The zero-order valence-electron chi connectivity index (χ0n) is 13.6. The van der Waals surface area contributed by atoms with Crippen LogP contribution in [0.15, 0.2) is 35.7 Å². The summed E-state index contributed by atoms with van der Waals surface area (Å²) in [7, 11) is 0. The summed E-state index contributed by atoms with van der Waals surface area (Å²) in [4.78, 5) is 19.0. The van der Waals surface area contributed by atoms with Crippen molar-refractivity contribution in [1.82, 2.24) is 9.88 Å². The molecule has 1 aliphatic heterocycles. The second kappa shape index (κ2) is 7.23. The van der Waals surface area contributed by atoms with Crippen LogP contribution in [0.4, 0.5) is 0 Å². The van der Waals surface area contributed by atoms with E-state index in [1.807, 2.05) is 28.5 Å². The molecule has 23 heavy (non-hydrogen) atoms. The third kappa shape index (κ3) is 3.98. The highest BCUT2D eigenvalue weighted by atomic mass is 32.1. The first kappa shape index (κ1) is 16.1. The van der Waals surface area contributed by atoms with Crippen molar-refractivity contribution in [3.63, 3.8) is 0 Å². The van der Waals surface area contributed by atoms with Gasteiger partial charge >= 0.3 is 0 Å². The number of morpholine rings is 1. The highest BCUT2D eigenvalue weighted by molar-refractivity contribution is 7.09. The Morgan fingerprint density at radius 1 is 1.39 bits per heavy atom. The van der Waals surface area contributed by atoms with E-state index in [0.29, 0.717) is 31.3 Å². The van der Waals surface area contributed by atoms with Crippen molar-refractivity contribution in [3.05, 3.63) is 52.0 Å². The van der Waals surface area contributed by atoms with Crippen molar-refractivity contribution in [2.24, 2.45) is 0 Å². The maximum Gasteiger partial charge on any atom is 0.273 e. The Balaban J connectivity index is 1.64. The predicted octanol–water partition coefficient (Wildman–Crippen LogP) is 3.35. The van der Waals surface area contributed by atoms with Gasteiger partial charge in [-0.15, -0.1) is 11.3 Å². The van der Waals surface area contributed by atoms with Crippen LogP contribution in [0.2, 0.25) is 0 Å². The Kier molecular flexibility index (Phi) is 5.08. The first-order chi connectivity index (χ1) is 11.1. The van der Waals surface area contributed by atoms with Crippen LogP contribution in [0, 0.1) is 0 Å². The number of aromatic nitrogens is 1. The summed E-state index contributed by atoms with van der Waals surface area (Å²) in [5.74, 6) is 0.381. The molecule has 0 bridgehead atoms. The SMILES string of the molecule is CC(C)c1nc(C(=O)N2CCO[C@H](Cc3ccccc3)C2)cs1. The first-order valence-electron chi connectivity index (χ1n) is 8.03. The zero-order chi connectivity index (χ0) is 16.2. The van der Waals surface area contributed by atoms with E-state index in [-0.39, 0.29) is 12.0 Å². The number of benzene rings is 1. The molecule has 0 saturated carbocycles. The summed E-state index contributed by atoms with van der Waals surface area (Å²) < 4.78 is 5.83. The van der Waals surface area contributed by atoms with Crippen molar-refractivity contribution >= 4 is 17.2 Å². The molecule has 2 heterocycles. The minimum absolute atomic E-state index is 0.0227. The summed E-state index contributed by atoms with van der Waals surface area (Å²) in [5, 5.41) is 2.89. The fourth-order valence-electron chi connectivity index (χ4n) is 2.72. The molecule has 2 aromatic rings. The van der Waals surface area contributed by atoms with Gasteiger partial charge in [0.1, 0.15) is 5.69 Å². The molecule has 0 aliphatic carbocycles. The first-order valence-corrected chi connectivity index (χ1v) is 8.91. The van der Waals surface area contributed by atoms with Gasteiger partial charge in [0.05, 0.1) is 17.7 Å². The number of carbonyl (C=O) groups excluding carboxylic acids is 1. The third-order valence-corrected chi connectivity index (χ3v) is 5.11. The molecule has 1 amide bonds. The number of hydrogen-bond acceptors (Lipinski definition) is 4. The van der Waals surface area contributed by atoms with Gasteiger partial charge in [-0.05, 0) is 5.56 Å². The highest BCUT2D eigenvalue weighted by Gasteiger charge is 2.26. The van der Waals surface area contributed by atoms with Crippen LogP contribution in [0.1, 0.15) is 40.8 Å². The molecule has 1 saturated heterocycles. The lowest BCUT2D eigenvalue weighted by atomic mass is 10.1. The van der Waals surface area contributed by atoms with E-state index in [1.54, 1.807) is 11.3 Å². The quantitative estimate of drug-likeness (QED) is 0.863. The smallest absolute Gasteiger partial charge is 0.273 e. The van der Waals surface area contributed by atoms with E-state index < -0.39 is 0 Å². The number of amides is 1. The molecular weight excluding hydrogens is 308 g/mol. The molecule has 1 atom stereocenters. The molecule has 0 N–H and O–H groups in total. The molecule has 5 heteroatoms. The van der Waals surface area contributed by atoms with Crippen LogP contribution >= 0.6 is 11.3 Å². The number of thiazole rings is 1. The predicted molar refractivity (Wildman–Crippen MR) is 92.0 cm³/mol. The molecule has 1 aliphatic rings. The Hall–Kier alpha value is -1.72. The van der Waals surface area contributed by atoms with Crippen LogP contribution in [0.25, 0.3) is 0 Å². The van der Waals surface area contributed by atoms with E-state index in [2.05, 4.69) is 31.0 Å². The van der Waals surface area contributed by atoms with Crippen LogP contribution < -0.4 is 0 Å². The Morgan fingerprint density at radius 2 is 2.17 bits per heavy atom. The Bertz CT molecular complexity index is 654. The van der Waals surface area contributed by atoms with Crippen LogP contribution in [0.3, 0.4) is 0 Å². The maximum absolute atomic E-state index is 12.6. The Labute approximate surface area is 141 Å². The minimum Gasteiger partial charge on any atom is -0.374 e. The fraction of sp³-hybridized carbons (Fsp3) is 0.444. The van der Waals surface area contributed by atoms with Crippen molar-refractivity contribution in [2.45, 2.75) is 32.3 Å². The molecule has 0 unspecified atom stereocenters. The second-order valence-corrected chi connectivity index (χ2v) is 7.05. The summed E-state index contributed by atoms with van der Waals surface area (Å²) >= 11 is 1.56. The summed E-state index contributed by atoms with van der Waals surface area (Å²) in [6.45, 7) is 6.04. The lowest BCUT2D eigenvalue weighted by Gasteiger charge is -2.32. The molecule has 4 nitrogen and oxygen atoms in total. The van der Waals surface area contributed by atoms with E-state index in [0.717, 1.165) is 11.4 Å². The summed E-state index contributed by atoms with van der Waals surface area (Å²) in [5.41, 5.74) is 1.81. The van der Waals surface area contributed by atoms with Gasteiger partial charge < -0.3 is 9.64 Å². The van der Waals surface area contributed by atoms with Gasteiger partial charge in [0.25, 0.3) is 5.91 Å². The molecule has 1 aromatic heterocycles. The maximum atomic E-state index is 12.6. The van der Waals surface area contributed by atoms with E-state index in [4.69, 9.17) is 4.74 Å². The number of carbonyl (C=O) groups is 1. The summed E-state index contributed by atoms with van der Waals surface area (Å²) in [6.07, 6.45) is 0.886. The molecule has 1 aromatic carbocycles. The fourth-order valence-corrected chi connectivity index (χ4v) is 3.53. The van der Waals surface area contributed by atoms with Crippen molar-refractivity contribution in [3.8, 4) is 0 Å². The number of hydrogen-bond donors (Lipinski definition) is 0. The normalized spacial score (nSPS) is 18.4. The van der Waals surface area contributed by atoms with E-state index in [9.17, 15) is 4.79 Å². The molecule has 1 fully saturated rings. The average Bonchev–Trinajstić information content (AvgIpc) is 3.06. The average molecular weight is 330 g/mol. The standard InChI is InChI=1S/C18H22N2O2S/c1-13(2)17-19-16(12-23-17)18(21)20-8-9-22-15(11-20)10-14-6-4-3-5-7-14/h3-7,12-13,15H,8-11H2,1-2H3/t15-/m1/s1. The van der Waals surface area contributed by atoms with Gasteiger partial charge in [-0.1, -0.05) is 44.2 Å². The van der Waals surface area contributed by atoms with Crippen LogP contribution in [0.5, 0.6) is 0 Å².